The second-order valence-corrected chi connectivity index (χ2v) is 11.0. The summed E-state index contributed by atoms with van der Waals surface area (Å²) in [4.78, 5) is 0. The minimum Gasteiger partial charge on any atom is -0.381 e. The molecule has 0 radical (unpaired) electrons. The van der Waals surface area contributed by atoms with Gasteiger partial charge in [0.2, 0.25) is 0 Å². The van der Waals surface area contributed by atoms with E-state index in [-0.39, 0.29) is 10.8 Å². The van der Waals surface area contributed by atoms with E-state index < -0.39 is 0 Å². The van der Waals surface area contributed by atoms with Crippen LogP contribution < -0.4 is 0 Å². The molecule has 30 heavy (non-hydrogen) atoms. The SMILES string of the molecule is CCCCCCCCC(OC)C(C)(C)CCC(C)(C)C(CCCCCCCC)OC. The van der Waals surface area contributed by atoms with E-state index in [1.807, 2.05) is 14.2 Å². The summed E-state index contributed by atoms with van der Waals surface area (Å²) in [6, 6.07) is 0. The van der Waals surface area contributed by atoms with Crippen LogP contribution in [0.3, 0.4) is 0 Å². The van der Waals surface area contributed by atoms with E-state index in [0.717, 1.165) is 0 Å². The lowest BCUT2D eigenvalue weighted by Crippen LogP contribution is -2.36. The van der Waals surface area contributed by atoms with Crippen LogP contribution in [0.15, 0.2) is 0 Å². The highest BCUT2D eigenvalue weighted by Gasteiger charge is 2.35. The van der Waals surface area contributed by atoms with Crippen LogP contribution in [0.4, 0.5) is 0 Å². The van der Waals surface area contributed by atoms with Crippen LogP contribution in [0.1, 0.15) is 144 Å². The lowest BCUT2D eigenvalue weighted by molar-refractivity contribution is -0.0352. The zero-order valence-corrected chi connectivity index (χ0v) is 22.3. The van der Waals surface area contributed by atoms with Crippen LogP contribution >= 0.6 is 0 Å². The Kier molecular flexibility index (Phi) is 17.4. The lowest BCUT2D eigenvalue weighted by atomic mass is 9.72. The summed E-state index contributed by atoms with van der Waals surface area (Å²) < 4.78 is 12.0. The van der Waals surface area contributed by atoms with Gasteiger partial charge in [-0.25, -0.2) is 0 Å². The summed E-state index contributed by atoms with van der Waals surface area (Å²) in [5, 5.41) is 0. The predicted molar refractivity (Wildman–Crippen MR) is 134 cm³/mol. The molecule has 0 rings (SSSR count). The molecule has 0 aromatic heterocycles. The largest absolute Gasteiger partial charge is 0.381 e. The Morgan fingerprint density at radius 3 is 1.10 bits per heavy atom. The predicted octanol–water partition coefficient (Wildman–Crippen LogP) is 9.35. The highest BCUT2D eigenvalue weighted by atomic mass is 16.5. The first-order valence-electron chi connectivity index (χ1n) is 13.3. The van der Waals surface area contributed by atoms with Crippen LogP contribution in [-0.2, 0) is 9.47 Å². The van der Waals surface area contributed by atoms with Gasteiger partial charge in [0, 0.05) is 14.2 Å². The summed E-state index contributed by atoms with van der Waals surface area (Å²) in [7, 11) is 3.82. The first-order valence-corrected chi connectivity index (χ1v) is 13.3. The van der Waals surface area contributed by atoms with Crippen molar-refractivity contribution in [3.63, 3.8) is 0 Å². The van der Waals surface area contributed by atoms with Gasteiger partial charge in [-0.1, -0.05) is 119 Å². The van der Waals surface area contributed by atoms with Gasteiger partial charge in [-0.3, -0.25) is 0 Å². The van der Waals surface area contributed by atoms with Gasteiger partial charge in [0.1, 0.15) is 0 Å². The van der Waals surface area contributed by atoms with E-state index in [2.05, 4.69) is 41.5 Å². The molecule has 0 aromatic carbocycles. The normalized spacial score (nSPS) is 14.8. The molecule has 0 spiro atoms. The number of hydrogen-bond donors (Lipinski definition) is 0. The fourth-order valence-electron chi connectivity index (χ4n) is 4.84. The Morgan fingerprint density at radius 2 is 0.800 bits per heavy atom. The fourth-order valence-corrected chi connectivity index (χ4v) is 4.84. The number of hydrogen-bond acceptors (Lipinski definition) is 2. The van der Waals surface area contributed by atoms with Gasteiger partial charge in [-0.05, 0) is 36.5 Å². The maximum absolute atomic E-state index is 5.98. The number of rotatable bonds is 21. The van der Waals surface area contributed by atoms with Gasteiger partial charge >= 0.3 is 0 Å². The van der Waals surface area contributed by atoms with Crippen LogP contribution in [0.5, 0.6) is 0 Å². The highest BCUT2D eigenvalue weighted by Crippen LogP contribution is 2.39. The molecule has 0 N–H and O–H groups in total. The van der Waals surface area contributed by atoms with Crippen LogP contribution in [0.25, 0.3) is 0 Å². The minimum atomic E-state index is 0.216. The molecule has 0 aliphatic heterocycles. The molecule has 0 saturated carbocycles. The molecule has 0 saturated heterocycles. The Labute approximate surface area is 191 Å². The second-order valence-electron chi connectivity index (χ2n) is 11.0. The number of ether oxygens (including phenoxy) is 2. The van der Waals surface area contributed by atoms with Crippen molar-refractivity contribution in [1.29, 1.82) is 0 Å². The molecule has 0 bridgehead atoms. The fraction of sp³-hybridized carbons (Fsp3) is 1.00. The first kappa shape index (κ1) is 29.9. The van der Waals surface area contributed by atoms with E-state index in [1.54, 1.807) is 0 Å². The summed E-state index contributed by atoms with van der Waals surface area (Å²) in [6.45, 7) is 14.2. The van der Waals surface area contributed by atoms with Gasteiger partial charge < -0.3 is 9.47 Å². The second kappa shape index (κ2) is 17.5. The topological polar surface area (TPSA) is 18.5 Å². The van der Waals surface area contributed by atoms with E-state index >= 15 is 0 Å². The van der Waals surface area contributed by atoms with Crippen molar-refractivity contribution in [2.75, 3.05) is 14.2 Å². The van der Waals surface area contributed by atoms with Crippen LogP contribution in [0.2, 0.25) is 0 Å². The van der Waals surface area contributed by atoms with Crippen molar-refractivity contribution in [1.82, 2.24) is 0 Å². The van der Waals surface area contributed by atoms with Gasteiger partial charge in [0.05, 0.1) is 12.2 Å². The third-order valence-corrected chi connectivity index (χ3v) is 7.37. The zero-order valence-electron chi connectivity index (χ0n) is 22.3. The quantitative estimate of drug-likeness (QED) is 0.170. The molecule has 2 heteroatoms. The Bertz CT molecular complexity index is 339. The smallest absolute Gasteiger partial charge is 0.0622 e. The van der Waals surface area contributed by atoms with Crippen LogP contribution in [0, 0.1) is 10.8 Å². The van der Waals surface area contributed by atoms with Gasteiger partial charge in [0.25, 0.3) is 0 Å². The molecule has 2 nitrogen and oxygen atoms in total. The van der Waals surface area contributed by atoms with Gasteiger partial charge in [0.15, 0.2) is 0 Å². The monoisotopic (exact) mass is 426 g/mol. The molecule has 182 valence electrons. The lowest BCUT2D eigenvalue weighted by Gasteiger charge is -2.39. The molecule has 0 aromatic rings. The molecule has 2 atom stereocenters. The van der Waals surface area contributed by atoms with Crippen molar-refractivity contribution in [3.8, 4) is 0 Å². The number of methoxy groups -OCH3 is 2. The molecule has 0 aliphatic carbocycles. The average molecular weight is 427 g/mol. The van der Waals surface area contributed by atoms with Gasteiger partial charge in [-0.2, -0.15) is 0 Å². The molecule has 0 fully saturated rings. The highest BCUT2D eigenvalue weighted by molar-refractivity contribution is 4.85. The van der Waals surface area contributed by atoms with Crippen molar-refractivity contribution in [2.24, 2.45) is 10.8 Å². The summed E-state index contributed by atoms with van der Waals surface area (Å²) in [5.74, 6) is 0. The maximum atomic E-state index is 5.98. The average Bonchev–Trinajstić information content (AvgIpc) is 2.71. The molecular weight excluding hydrogens is 368 g/mol. The molecular formula is C28H58O2. The first-order chi connectivity index (χ1) is 14.2. The molecule has 0 amide bonds. The Morgan fingerprint density at radius 1 is 0.500 bits per heavy atom. The molecule has 2 unspecified atom stereocenters. The summed E-state index contributed by atoms with van der Waals surface area (Å²) in [5.41, 5.74) is 0.432. The van der Waals surface area contributed by atoms with E-state index in [4.69, 9.17) is 9.47 Å². The summed E-state index contributed by atoms with van der Waals surface area (Å²) in [6.07, 6.45) is 21.8. The van der Waals surface area contributed by atoms with Crippen molar-refractivity contribution in [2.45, 2.75) is 156 Å². The molecule has 0 aliphatic rings. The van der Waals surface area contributed by atoms with Crippen molar-refractivity contribution >= 4 is 0 Å². The zero-order chi connectivity index (χ0) is 22.9. The van der Waals surface area contributed by atoms with Crippen LogP contribution in [-0.4, -0.2) is 26.4 Å². The Balaban J connectivity index is 4.43. The number of unbranched alkanes of at least 4 members (excludes halogenated alkanes) is 10. The third kappa shape index (κ3) is 13.4. The van der Waals surface area contributed by atoms with E-state index in [9.17, 15) is 0 Å². The van der Waals surface area contributed by atoms with Crippen molar-refractivity contribution in [3.05, 3.63) is 0 Å². The third-order valence-electron chi connectivity index (χ3n) is 7.37. The Hall–Kier alpha value is -0.0800. The maximum Gasteiger partial charge on any atom is 0.0622 e. The van der Waals surface area contributed by atoms with Gasteiger partial charge in [-0.15, -0.1) is 0 Å². The summed E-state index contributed by atoms with van der Waals surface area (Å²) >= 11 is 0. The minimum absolute atomic E-state index is 0.216. The van der Waals surface area contributed by atoms with E-state index in [0.29, 0.717) is 12.2 Å². The standard InChI is InChI=1S/C28H58O2/c1-9-11-13-15-17-19-21-25(29-7)27(3,4)23-24-28(5,6)26(30-8)22-20-18-16-14-12-10-2/h25-26H,9-24H2,1-8H3. The molecule has 0 heterocycles. The van der Waals surface area contributed by atoms with Crippen molar-refractivity contribution < 1.29 is 9.47 Å². The van der Waals surface area contributed by atoms with E-state index in [1.165, 1.54) is 103 Å².